The molecule has 0 amide bonds. The number of hydrogen-bond acceptors (Lipinski definition) is 5. The van der Waals surface area contributed by atoms with E-state index in [0.29, 0.717) is 25.1 Å². The Labute approximate surface area is 225 Å². The minimum atomic E-state index is 0.0440. The van der Waals surface area contributed by atoms with Gasteiger partial charge in [0.05, 0.1) is 30.9 Å². The summed E-state index contributed by atoms with van der Waals surface area (Å²) >= 11 is 0. The van der Waals surface area contributed by atoms with Crippen LogP contribution in [0, 0.1) is 0 Å². The molecule has 0 aliphatic heterocycles. The Kier molecular flexibility index (Phi) is 9.57. The van der Waals surface area contributed by atoms with Crippen LogP contribution in [0.1, 0.15) is 39.9 Å². The molecule has 0 saturated heterocycles. The predicted molar refractivity (Wildman–Crippen MR) is 156 cm³/mol. The fourth-order valence-corrected chi connectivity index (χ4v) is 4.28. The van der Waals surface area contributed by atoms with E-state index >= 15 is 0 Å². The molecular formula is C33H34N4O. The van der Waals surface area contributed by atoms with Crippen molar-refractivity contribution < 1.29 is 4.79 Å². The van der Waals surface area contributed by atoms with Gasteiger partial charge in [-0.2, -0.15) is 10.2 Å². The fourth-order valence-electron chi connectivity index (χ4n) is 4.28. The summed E-state index contributed by atoms with van der Waals surface area (Å²) in [5, 5.41) is 13.8. The van der Waals surface area contributed by atoms with Gasteiger partial charge in [0.2, 0.25) is 0 Å². The van der Waals surface area contributed by atoms with Gasteiger partial charge >= 0.3 is 0 Å². The van der Waals surface area contributed by atoms with Gasteiger partial charge in [-0.3, -0.25) is 14.8 Å². The van der Waals surface area contributed by atoms with E-state index in [2.05, 4.69) is 36.4 Å². The van der Waals surface area contributed by atoms with E-state index in [1.807, 2.05) is 109 Å². The highest BCUT2D eigenvalue weighted by Gasteiger charge is 2.16. The van der Waals surface area contributed by atoms with Crippen LogP contribution in [0.25, 0.3) is 0 Å². The molecule has 0 heterocycles. The first-order valence-corrected chi connectivity index (χ1v) is 12.8. The van der Waals surface area contributed by atoms with Gasteiger partial charge in [0.15, 0.2) is 5.78 Å². The van der Waals surface area contributed by atoms with E-state index in [1.54, 1.807) is 0 Å². The van der Waals surface area contributed by atoms with Crippen molar-refractivity contribution in [3.63, 3.8) is 0 Å². The lowest BCUT2D eigenvalue weighted by Gasteiger charge is -2.19. The van der Waals surface area contributed by atoms with Crippen LogP contribution in [0.2, 0.25) is 0 Å². The van der Waals surface area contributed by atoms with Crippen LogP contribution in [0.3, 0.4) is 0 Å². The summed E-state index contributed by atoms with van der Waals surface area (Å²) in [5.74, 6) is 0.0440. The summed E-state index contributed by atoms with van der Waals surface area (Å²) in [4.78, 5) is 13.2. The molecule has 0 aliphatic rings. The Morgan fingerprint density at radius 3 is 1.47 bits per heavy atom. The molecule has 0 fully saturated rings. The lowest BCUT2D eigenvalue weighted by molar-refractivity contribution is 0.1000. The number of carbonyl (C=O) groups excluding carboxylic acids is 1. The van der Waals surface area contributed by atoms with Gasteiger partial charge in [0.25, 0.3) is 0 Å². The van der Waals surface area contributed by atoms with E-state index in [-0.39, 0.29) is 12.2 Å². The van der Waals surface area contributed by atoms with Crippen LogP contribution in [0.15, 0.2) is 132 Å². The molecule has 4 aromatic rings. The Bertz CT molecular complexity index is 1340. The van der Waals surface area contributed by atoms with Crippen LogP contribution in [-0.2, 0) is 13.1 Å². The first-order valence-electron chi connectivity index (χ1n) is 12.8. The quantitative estimate of drug-likeness (QED) is 0.123. The van der Waals surface area contributed by atoms with E-state index in [0.717, 1.165) is 22.6 Å². The summed E-state index contributed by atoms with van der Waals surface area (Å²) in [5.41, 5.74) is 5.68. The Morgan fingerprint density at radius 1 is 0.553 bits per heavy atom. The number of ketones is 1. The molecule has 4 rings (SSSR count). The number of rotatable bonds is 12. The molecule has 0 N–H and O–H groups in total. The number of Topliss-reactive ketones (excluding diaryl/α,β-unsaturated/α-hetero) is 1. The molecule has 0 aliphatic carbocycles. The Hall–Kier alpha value is -4.51. The van der Waals surface area contributed by atoms with E-state index < -0.39 is 0 Å². The zero-order valence-corrected chi connectivity index (χ0v) is 22.1. The van der Waals surface area contributed by atoms with Gasteiger partial charge in [-0.25, -0.2) is 0 Å². The first kappa shape index (κ1) is 26.6. The van der Waals surface area contributed by atoms with Crippen molar-refractivity contribution in [2.24, 2.45) is 10.2 Å². The maximum absolute atomic E-state index is 13.2. The third kappa shape index (κ3) is 8.27. The SMILES string of the molecule is CN(Cc1ccccc1)N=C(CC(=O)c1ccccc1)CC(=NN(C)Cc1ccccc1)c1ccccc1. The third-order valence-corrected chi connectivity index (χ3v) is 6.05. The normalized spacial score (nSPS) is 11.7. The third-order valence-electron chi connectivity index (χ3n) is 6.05. The highest BCUT2D eigenvalue weighted by molar-refractivity contribution is 6.18. The zero-order valence-electron chi connectivity index (χ0n) is 22.1. The van der Waals surface area contributed by atoms with E-state index in [4.69, 9.17) is 10.2 Å². The maximum Gasteiger partial charge on any atom is 0.168 e. The number of hydrazone groups is 2. The smallest absolute Gasteiger partial charge is 0.168 e. The van der Waals surface area contributed by atoms with Crippen molar-refractivity contribution in [1.29, 1.82) is 0 Å². The molecule has 0 radical (unpaired) electrons. The molecule has 5 nitrogen and oxygen atoms in total. The minimum absolute atomic E-state index is 0.0440. The predicted octanol–water partition coefficient (Wildman–Crippen LogP) is 6.67. The van der Waals surface area contributed by atoms with Crippen molar-refractivity contribution in [3.8, 4) is 0 Å². The van der Waals surface area contributed by atoms with E-state index in [1.165, 1.54) is 5.56 Å². The van der Waals surface area contributed by atoms with Crippen LogP contribution >= 0.6 is 0 Å². The second kappa shape index (κ2) is 13.7. The van der Waals surface area contributed by atoms with Crippen LogP contribution in [0.5, 0.6) is 0 Å². The molecule has 192 valence electrons. The molecule has 38 heavy (non-hydrogen) atoms. The lowest BCUT2D eigenvalue weighted by Crippen LogP contribution is -2.22. The fraction of sp³-hybridized carbons (Fsp3) is 0.182. The number of benzene rings is 4. The maximum atomic E-state index is 13.2. The highest BCUT2D eigenvalue weighted by atomic mass is 16.1. The number of hydrogen-bond donors (Lipinski definition) is 0. The van der Waals surface area contributed by atoms with Crippen molar-refractivity contribution in [3.05, 3.63) is 144 Å². The average molecular weight is 503 g/mol. The minimum Gasteiger partial charge on any atom is -0.296 e. The topological polar surface area (TPSA) is 48.3 Å². The van der Waals surface area contributed by atoms with Gasteiger partial charge in [0, 0.05) is 26.1 Å². The van der Waals surface area contributed by atoms with Crippen molar-refractivity contribution in [2.75, 3.05) is 14.1 Å². The van der Waals surface area contributed by atoms with Crippen LogP contribution in [0.4, 0.5) is 0 Å². The largest absolute Gasteiger partial charge is 0.296 e. The van der Waals surface area contributed by atoms with Crippen LogP contribution in [-0.4, -0.2) is 41.3 Å². The molecule has 0 atom stereocenters. The molecule has 0 spiro atoms. The number of nitrogens with zero attached hydrogens (tertiary/aromatic N) is 4. The zero-order chi connectivity index (χ0) is 26.6. The molecule has 0 saturated carbocycles. The molecular weight excluding hydrogens is 468 g/mol. The molecule has 0 bridgehead atoms. The Morgan fingerprint density at radius 2 is 0.974 bits per heavy atom. The number of carbonyl (C=O) groups is 1. The monoisotopic (exact) mass is 502 g/mol. The highest BCUT2D eigenvalue weighted by Crippen LogP contribution is 2.14. The van der Waals surface area contributed by atoms with Gasteiger partial charge in [-0.05, 0) is 16.7 Å². The van der Waals surface area contributed by atoms with E-state index in [9.17, 15) is 4.79 Å². The second-order valence-corrected chi connectivity index (χ2v) is 9.32. The molecule has 0 unspecified atom stereocenters. The summed E-state index contributed by atoms with van der Waals surface area (Å²) in [6, 6.07) is 40.0. The van der Waals surface area contributed by atoms with Gasteiger partial charge < -0.3 is 0 Å². The van der Waals surface area contributed by atoms with Crippen molar-refractivity contribution >= 4 is 17.2 Å². The van der Waals surface area contributed by atoms with Gasteiger partial charge in [0.1, 0.15) is 0 Å². The van der Waals surface area contributed by atoms with Crippen molar-refractivity contribution in [1.82, 2.24) is 10.0 Å². The summed E-state index contributed by atoms with van der Waals surface area (Å²) < 4.78 is 0. The molecule has 0 aromatic heterocycles. The van der Waals surface area contributed by atoms with Gasteiger partial charge in [-0.1, -0.05) is 121 Å². The molecule has 5 heteroatoms. The second-order valence-electron chi connectivity index (χ2n) is 9.32. The van der Waals surface area contributed by atoms with Crippen LogP contribution < -0.4 is 0 Å². The van der Waals surface area contributed by atoms with Gasteiger partial charge in [-0.15, -0.1) is 0 Å². The summed E-state index contributed by atoms with van der Waals surface area (Å²) in [7, 11) is 3.92. The summed E-state index contributed by atoms with van der Waals surface area (Å²) in [6.45, 7) is 1.33. The average Bonchev–Trinajstić information content (AvgIpc) is 2.94. The standard InChI is InChI=1S/C33H34N4O/c1-36(25-27-15-7-3-8-16-27)34-31(24-33(38)30-21-13-6-14-22-30)23-32(29-19-11-5-12-20-29)35-37(2)26-28-17-9-4-10-18-28/h3-22H,23-26H2,1-2H3. The lowest BCUT2D eigenvalue weighted by atomic mass is 9.99. The summed E-state index contributed by atoms with van der Waals surface area (Å²) in [6.07, 6.45) is 0.679. The molecule has 4 aromatic carbocycles. The Balaban J connectivity index is 1.62. The first-order chi connectivity index (χ1) is 18.6. The van der Waals surface area contributed by atoms with Crippen molar-refractivity contribution in [2.45, 2.75) is 25.9 Å².